The first kappa shape index (κ1) is 13.7. The molecule has 0 aliphatic carbocycles. The zero-order valence-corrected chi connectivity index (χ0v) is 10.7. The average Bonchev–Trinajstić information content (AvgIpc) is 2.34. The van der Waals surface area contributed by atoms with Crippen LogP contribution in [0.1, 0.15) is 24.0 Å². The van der Waals surface area contributed by atoms with Crippen LogP contribution < -0.4 is 0 Å². The molecule has 0 fully saturated rings. The third-order valence-electron chi connectivity index (χ3n) is 3.06. The summed E-state index contributed by atoms with van der Waals surface area (Å²) in [6.45, 7) is 1.34. The Bertz CT molecular complexity index is 612. The van der Waals surface area contributed by atoms with E-state index in [2.05, 4.69) is 0 Å². The number of hydrogen-bond donors (Lipinski definition) is 4. The number of rotatable bonds is 3. The molecule has 0 saturated heterocycles. The number of carbonyl (C=O) groups excluding carboxylic acids is 1. The first-order valence-corrected chi connectivity index (χ1v) is 5.94. The molecule has 0 aliphatic heterocycles. The molecule has 0 saturated carbocycles. The minimum atomic E-state index is -0.879. The lowest BCUT2D eigenvalue weighted by atomic mass is 9.87. The van der Waals surface area contributed by atoms with Crippen molar-refractivity contribution < 1.29 is 25.2 Å². The van der Waals surface area contributed by atoms with Gasteiger partial charge in [0.15, 0.2) is 0 Å². The maximum absolute atomic E-state index is 11.9. The van der Waals surface area contributed by atoms with Crippen molar-refractivity contribution in [3.63, 3.8) is 0 Å². The molecule has 0 bridgehead atoms. The van der Waals surface area contributed by atoms with Crippen LogP contribution in [0.2, 0.25) is 0 Å². The fourth-order valence-electron chi connectivity index (χ4n) is 2.16. The molecule has 20 heavy (non-hydrogen) atoms. The largest absolute Gasteiger partial charge is 0.508 e. The average molecular weight is 274 g/mol. The molecule has 2 aromatic rings. The fraction of sp³-hybridized carbons (Fsp3) is 0.133. The van der Waals surface area contributed by atoms with Crippen molar-refractivity contribution in [2.24, 2.45) is 0 Å². The molecule has 2 rings (SSSR count). The highest BCUT2D eigenvalue weighted by Crippen LogP contribution is 2.38. The van der Waals surface area contributed by atoms with Gasteiger partial charge in [0.1, 0.15) is 28.8 Å². The van der Waals surface area contributed by atoms with E-state index in [4.69, 9.17) is 0 Å². The van der Waals surface area contributed by atoms with Gasteiger partial charge in [-0.05, 0) is 19.1 Å². The number of aromatic hydroxyl groups is 4. The molecule has 0 amide bonds. The Balaban J connectivity index is 2.59. The Morgan fingerprint density at radius 2 is 1.25 bits per heavy atom. The molecular formula is C15H14O5. The Hall–Kier alpha value is -2.69. The van der Waals surface area contributed by atoms with Crippen molar-refractivity contribution in [3.8, 4) is 23.0 Å². The van der Waals surface area contributed by atoms with Gasteiger partial charge in [0.2, 0.25) is 0 Å². The van der Waals surface area contributed by atoms with Gasteiger partial charge in [-0.2, -0.15) is 0 Å². The third kappa shape index (κ3) is 2.51. The summed E-state index contributed by atoms with van der Waals surface area (Å²) in [5.41, 5.74) is 0.549. The van der Waals surface area contributed by atoms with Crippen LogP contribution >= 0.6 is 0 Å². The summed E-state index contributed by atoms with van der Waals surface area (Å²) >= 11 is 0. The van der Waals surface area contributed by atoms with E-state index in [1.807, 2.05) is 0 Å². The molecular weight excluding hydrogens is 260 g/mol. The molecule has 0 unspecified atom stereocenters. The number of phenols is 4. The van der Waals surface area contributed by atoms with Crippen molar-refractivity contribution in [1.82, 2.24) is 0 Å². The first-order chi connectivity index (χ1) is 9.40. The van der Waals surface area contributed by atoms with Crippen molar-refractivity contribution in [2.75, 3.05) is 0 Å². The summed E-state index contributed by atoms with van der Waals surface area (Å²) in [6, 6.07) is 7.79. The van der Waals surface area contributed by atoms with E-state index in [0.29, 0.717) is 0 Å². The zero-order valence-electron chi connectivity index (χ0n) is 10.7. The van der Waals surface area contributed by atoms with E-state index in [-0.39, 0.29) is 39.9 Å². The van der Waals surface area contributed by atoms with Crippen molar-refractivity contribution in [1.29, 1.82) is 0 Å². The molecule has 0 atom stereocenters. The Labute approximate surface area is 115 Å². The van der Waals surface area contributed by atoms with Crippen LogP contribution in [0.25, 0.3) is 0 Å². The number of benzene rings is 2. The topological polar surface area (TPSA) is 98.0 Å². The summed E-state index contributed by atoms with van der Waals surface area (Å²) < 4.78 is 0. The third-order valence-corrected chi connectivity index (χ3v) is 3.06. The Morgan fingerprint density at radius 3 is 1.55 bits per heavy atom. The minimum Gasteiger partial charge on any atom is -0.508 e. The van der Waals surface area contributed by atoms with Gasteiger partial charge >= 0.3 is 0 Å². The second kappa shape index (κ2) is 5.13. The molecule has 0 heterocycles. The van der Waals surface area contributed by atoms with Crippen LogP contribution in [0.15, 0.2) is 36.4 Å². The van der Waals surface area contributed by atoms with Crippen LogP contribution in [0, 0.1) is 0 Å². The van der Waals surface area contributed by atoms with Gasteiger partial charge in [0.05, 0.1) is 5.92 Å². The van der Waals surface area contributed by atoms with Crippen molar-refractivity contribution in [3.05, 3.63) is 47.5 Å². The quantitative estimate of drug-likeness (QED) is 0.688. The van der Waals surface area contributed by atoms with Gasteiger partial charge in [-0.25, -0.2) is 0 Å². The highest BCUT2D eigenvalue weighted by atomic mass is 16.3. The Morgan fingerprint density at radius 1 is 0.850 bits per heavy atom. The molecule has 0 radical (unpaired) electrons. The second-order valence-corrected chi connectivity index (χ2v) is 4.53. The summed E-state index contributed by atoms with van der Waals surface area (Å²) in [5.74, 6) is -1.88. The number of phenolic OH excluding ortho intramolecular Hbond substituents is 4. The molecule has 5 nitrogen and oxygen atoms in total. The number of Topliss-reactive ketones (excluding diaryl/α,β-unsaturated/α-hetero) is 1. The highest BCUT2D eigenvalue weighted by Gasteiger charge is 2.25. The van der Waals surface area contributed by atoms with Gasteiger partial charge in [-0.3, -0.25) is 4.79 Å². The number of hydrogen-bond acceptors (Lipinski definition) is 5. The van der Waals surface area contributed by atoms with E-state index in [9.17, 15) is 25.2 Å². The standard InChI is InChI=1S/C15H14O5/c1-8(16)15(11-4-2-9(17)6-13(11)19)12-5-3-10(18)7-14(12)20/h2-7,15,17-20H,1H3. The molecule has 4 N–H and O–H groups in total. The van der Waals surface area contributed by atoms with E-state index in [1.165, 1.54) is 31.2 Å². The van der Waals surface area contributed by atoms with Gasteiger partial charge in [-0.1, -0.05) is 12.1 Å². The number of carbonyl (C=O) groups is 1. The molecule has 0 aliphatic rings. The lowest BCUT2D eigenvalue weighted by Crippen LogP contribution is -2.11. The van der Waals surface area contributed by atoms with Crippen molar-refractivity contribution >= 4 is 5.78 Å². The van der Waals surface area contributed by atoms with E-state index in [1.54, 1.807) is 0 Å². The lowest BCUT2D eigenvalue weighted by Gasteiger charge is -2.17. The maximum atomic E-state index is 11.9. The minimum absolute atomic E-state index is 0.122. The molecule has 5 heteroatoms. The van der Waals surface area contributed by atoms with Crippen molar-refractivity contribution in [2.45, 2.75) is 12.8 Å². The Kier molecular flexibility index (Phi) is 3.52. The summed E-state index contributed by atoms with van der Waals surface area (Å²) in [4.78, 5) is 11.9. The smallest absolute Gasteiger partial charge is 0.141 e. The molecule has 2 aromatic carbocycles. The second-order valence-electron chi connectivity index (χ2n) is 4.53. The van der Waals surface area contributed by atoms with Gasteiger partial charge in [0, 0.05) is 23.3 Å². The van der Waals surface area contributed by atoms with Crippen LogP contribution in [-0.4, -0.2) is 26.2 Å². The van der Waals surface area contributed by atoms with Gasteiger partial charge < -0.3 is 20.4 Å². The van der Waals surface area contributed by atoms with E-state index in [0.717, 1.165) is 12.1 Å². The summed E-state index contributed by atoms with van der Waals surface area (Å²) in [5, 5.41) is 38.3. The van der Waals surface area contributed by atoms with E-state index < -0.39 is 5.92 Å². The highest BCUT2D eigenvalue weighted by molar-refractivity contribution is 5.88. The zero-order chi connectivity index (χ0) is 14.9. The van der Waals surface area contributed by atoms with Crippen LogP contribution in [0.3, 0.4) is 0 Å². The van der Waals surface area contributed by atoms with Crippen LogP contribution in [0.4, 0.5) is 0 Å². The van der Waals surface area contributed by atoms with Gasteiger partial charge in [0.25, 0.3) is 0 Å². The monoisotopic (exact) mass is 274 g/mol. The fourth-order valence-corrected chi connectivity index (χ4v) is 2.16. The van der Waals surface area contributed by atoms with Crippen LogP contribution in [0.5, 0.6) is 23.0 Å². The molecule has 104 valence electrons. The predicted molar refractivity (Wildman–Crippen MR) is 72.1 cm³/mol. The number of ketones is 1. The van der Waals surface area contributed by atoms with Gasteiger partial charge in [-0.15, -0.1) is 0 Å². The normalized spacial score (nSPS) is 10.7. The SMILES string of the molecule is CC(=O)C(c1ccc(O)cc1O)c1ccc(O)cc1O. The lowest BCUT2D eigenvalue weighted by molar-refractivity contribution is -0.117. The maximum Gasteiger partial charge on any atom is 0.141 e. The first-order valence-electron chi connectivity index (χ1n) is 5.94. The summed E-state index contributed by atoms with van der Waals surface area (Å²) in [7, 11) is 0. The summed E-state index contributed by atoms with van der Waals surface area (Å²) in [6.07, 6.45) is 0. The predicted octanol–water partition coefficient (Wildman–Crippen LogP) is 2.23. The van der Waals surface area contributed by atoms with Crippen LogP contribution in [-0.2, 0) is 4.79 Å². The molecule has 0 spiro atoms. The molecule has 0 aromatic heterocycles. The van der Waals surface area contributed by atoms with E-state index >= 15 is 0 Å².